The molecule has 0 amide bonds. The summed E-state index contributed by atoms with van der Waals surface area (Å²) in [6.45, 7) is 1.64. The Bertz CT molecular complexity index is 205. The second-order valence-electron chi connectivity index (χ2n) is 3.12. The summed E-state index contributed by atoms with van der Waals surface area (Å²) in [7, 11) is 0. The molecule has 0 aliphatic rings. The number of carboxylic acids is 1. The van der Waals surface area contributed by atoms with Gasteiger partial charge in [-0.1, -0.05) is 6.92 Å². The highest BCUT2D eigenvalue weighted by Crippen LogP contribution is 2.26. The quantitative estimate of drug-likeness (QED) is 0.660. The van der Waals surface area contributed by atoms with Crippen molar-refractivity contribution in [2.24, 2.45) is 5.92 Å². The molecule has 0 aliphatic carbocycles. The number of ether oxygens (including phenoxy) is 2. The maximum atomic E-state index is 12.1. The van der Waals surface area contributed by atoms with E-state index >= 15 is 0 Å². The Morgan fingerprint density at radius 1 is 1.25 bits per heavy atom. The molecule has 0 aromatic rings. The summed E-state index contributed by atoms with van der Waals surface area (Å²) in [6, 6.07) is 0. The summed E-state index contributed by atoms with van der Waals surface area (Å²) < 4.78 is 45.9. The topological polar surface area (TPSA) is 55.8 Å². The largest absolute Gasteiger partial charge is 0.481 e. The molecule has 4 nitrogen and oxygen atoms in total. The summed E-state index contributed by atoms with van der Waals surface area (Å²) in [6.07, 6.45) is -3.98. The maximum absolute atomic E-state index is 12.1. The minimum Gasteiger partial charge on any atom is -0.481 e. The number of aliphatic carboxylic acids is 1. The lowest BCUT2D eigenvalue weighted by Crippen LogP contribution is -2.34. The molecule has 1 N–H and O–H groups in total. The van der Waals surface area contributed by atoms with Crippen molar-refractivity contribution in [2.45, 2.75) is 19.5 Å². The van der Waals surface area contributed by atoms with E-state index in [2.05, 4.69) is 4.74 Å². The number of hydrogen-bond donors (Lipinski definition) is 1. The van der Waals surface area contributed by atoms with Crippen molar-refractivity contribution < 1.29 is 32.5 Å². The fourth-order valence-corrected chi connectivity index (χ4v) is 0.871. The number of hydrogen-bond acceptors (Lipinski definition) is 3. The molecule has 0 saturated heterocycles. The van der Waals surface area contributed by atoms with Crippen molar-refractivity contribution in [3.63, 3.8) is 0 Å². The van der Waals surface area contributed by atoms with Gasteiger partial charge in [-0.05, 0) is 6.42 Å². The third kappa shape index (κ3) is 6.62. The maximum Gasteiger partial charge on any atom is 0.404 e. The molecule has 1 unspecified atom stereocenters. The lowest BCUT2D eigenvalue weighted by Gasteiger charge is -2.15. The standard InChI is InChI=1S/C9H15F3O4/c1-2-3-15-4-5-16-6-7(8(13)14)9(10,11)12/h7H,2-6H2,1H3,(H,13,14). The highest BCUT2D eigenvalue weighted by molar-refractivity contribution is 5.71. The Hall–Kier alpha value is -0.820. The van der Waals surface area contributed by atoms with Gasteiger partial charge in [-0.2, -0.15) is 13.2 Å². The second-order valence-corrected chi connectivity index (χ2v) is 3.12. The number of carbonyl (C=O) groups is 1. The van der Waals surface area contributed by atoms with Crippen LogP contribution in [0.3, 0.4) is 0 Å². The monoisotopic (exact) mass is 244 g/mol. The van der Waals surface area contributed by atoms with Gasteiger partial charge < -0.3 is 14.6 Å². The van der Waals surface area contributed by atoms with Crippen LogP contribution in [0.25, 0.3) is 0 Å². The normalized spacial score (nSPS) is 13.8. The van der Waals surface area contributed by atoms with Gasteiger partial charge in [0.1, 0.15) is 0 Å². The van der Waals surface area contributed by atoms with Crippen molar-refractivity contribution in [2.75, 3.05) is 26.4 Å². The van der Waals surface area contributed by atoms with E-state index < -0.39 is 24.7 Å². The van der Waals surface area contributed by atoms with Crippen molar-refractivity contribution in [1.82, 2.24) is 0 Å². The minimum atomic E-state index is -4.78. The third-order valence-corrected chi connectivity index (χ3v) is 1.70. The number of carboxylic acid groups (broad SMARTS) is 1. The molecule has 0 aromatic carbocycles. The van der Waals surface area contributed by atoms with E-state index in [-0.39, 0.29) is 13.2 Å². The van der Waals surface area contributed by atoms with Crippen LogP contribution in [-0.2, 0) is 14.3 Å². The van der Waals surface area contributed by atoms with Crippen LogP contribution in [0.15, 0.2) is 0 Å². The first-order valence-corrected chi connectivity index (χ1v) is 4.84. The van der Waals surface area contributed by atoms with Crippen LogP contribution in [0.1, 0.15) is 13.3 Å². The molecular weight excluding hydrogens is 229 g/mol. The Morgan fingerprint density at radius 2 is 1.81 bits per heavy atom. The van der Waals surface area contributed by atoms with Gasteiger partial charge in [0.15, 0.2) is 5.92 Å². The Balaban J connectivity index is 3.75. The molecule has 7 heteroatoms. The van der Waals surface area contributed by atoms with Gasteiger partial charge in [0.25, 0.3) is 0 Å². The average molecular weight is 244 g/mol. The molecule has 0 fully saturated rings. The van der Waals surface area contributed by atoms with Crippen molar-refractivity contribution in [3.05, 3.63) is 0 Å². The third-order valence-electron chi connectivity index (χ3n) is 1.70. The van der Waals surface area contributed by atoms with E-state index in [1.165, 1.54) is 0 Å². The molecule has 0 spiro atoms. The number of rotatable bonds is 8. The molecule has 16 heavy (non-hydrogen) atoms. The summed E-state index contributed by atoms with van der Waals surface area (Å²) in [4.78, 5) is 10.3. The van der Waals surface area contributed by atoms with Crippen LogP contribution in [0.4, 0.5) is 13.2 Å². The van der Waals surface area contributed by atoms with Crippen LogP contribution in [0, 0.1) is 5.92 Å². The lowest BCUT2D eigenvalue weighted by atomic mass is 10.1. The summed E-state index contributed by atoms with van der Waals surface area (Å²) in [5.74, 6) is -4.40. The van der Waals surface area contributed by atoms with Crippen LogP contribution in [-0.4, -0.2) is 43.7 Å². The number of halogens is 3. The first-order valence-electron chi connectivity index (χ1n) is 4.84. The van der Waals surface area contributed by atoms with E-state index in [9.17, 15) is 18.0 Å². The fraction of sp³-hybridized carbons (Fsp3) is 0.889. The number of alkyl halides is 3. The molecule has 0 radical (unpaired) electrons. The molecule has 0 heterocycles. The van der Waals surface area contributed by atoms with Gasteiger partial charge in [0.05, 0.1) is 19.8 Å². The van der Waals surface area contributed by atoms with Crippen molar-refractivity contribution >= 4 is 5.97 Å². The zero-order valence-electron chi connectivity index (χ0n) is 8.92. The lowest BCUT2D eigenvalue weighted by molar-refractivity contribution is -0.203. The van der Waals surface area contributed by atoms with Crippen molar-refractivity contribution in [3.8, 4) is 0 Å². The highest BCUT2D eigenvalue weighted by Gasteiger charge is 2.45. The zero-order valence-corrected chi connectivity index (χ0v) is 8.92. The van der Waals surface area contributed by atoms with Gasteiger partial charge in [0.2, 0.25) is 0 Å². The Labute approximate surface area is 91.3 Å². The average Bonchev–Trinajstić information content (AvgIpc) is 2.13. The van der Waals surface area contributed by atoms with Crippen LogP contribution >= 0.6 is 0 Å². The van der Waals surface area contributed by atoms with E-state index in [0.29, 0.717) is 6.61 Å². The summed E-state index contributed by atoms with van der Waals surface area (Å²) >= 11 is 0. The molecule has 96 valence electrons. The molecule has 0 rings (SSSR count). The molecule has 0 aliphatic heterocycles. The first-order chi connectivity index (χ1) is 7.39. The van der Waals surface area contributed by atoms with Gasteiger partial charge in [0, 0.05) is 6.61 Å². The summed E-state index contributed by atoms with van der Waals surface area (Å²) in [5.41, 5.74) is 0. The van der Waals surface area contributed by atoms with Gasteiger partial charge in [-0.15, -0.1) is 0 Å². The first kappa shape index (κ1) is 15.2. The van der Waals surface area contributed by atoms with Gasteiger partial charge >= 0.3 is 12.1 Å². The predicted molar refractivity (Wildman–Crippen MR) is 49.1 cm³/mol. The highest BCUT2D eigenvalue weighted by atomic mass is 19.4. The van der Waals surface area contributed by atoms with E-state index in [1.54, 1.807) is 0 Å². The molecular formula is C9H15F3O4. The second kappa shape index (κ2) is 7.45. The minimum absolute atomic E-state index is 0.0418. The van der Waals surface area contributed by atoms with Crippen molar-refractivity contribution in [1.29, 1.82) is 0 Å². The predicted octanol–water partition coefficient (Wildman–Crippen LogP) is 1.69. The zero-order chi connectivity index (χ0) is 12.6. The van der Waals surface area contributed by atoms with Crippen LogP contribution in [0.2, 0.25) is 0 Å². The molecule has 0 aromatic heterocycles. The van der Waals surface area contributed by atoms with E-state index in [1.807, 2.05) is 6.92 Å². The van der Waals surface area contributed by atoms with E-state index in [4.69, 9.17) is 9.84 Å². The van der Waals surface area contributed by atoms with Gasteiger partial charge in [-0.3, -0.25) is 4.79 Å². The molecule has 0 saturated carbocycles. The van der Waals surface area contributed by atoms with Crippen LogP contribution < -0.4 is 0 Å². The van der Waals surface area contributed by atoms with E-state index in [0.717, 1.165) is 6.42 Å². The van der Waals surface area contributed by atoms with Crippen LogP contribution in [0.5, 0.6) is 0 Å². The van der Waals surface area contributed by atoms with Gasteiger partial charge in [-0.25, -0.2) is 0 Å². The Morgan fingerprint density at radius 3 is 2.25 bits per heavy atom. The SMILES string of the molecule is CCCOCCOCC(C(=O)O)C(F)(F)F. The fourth-order valence-electron chi connectivity index (χ4n) is 0.871. The Kier molecular flexibility index (Phi) is 7.07. The summed E-state index contributed by atoms with van der Waals surface area (Å²) in [5, 5.41) is 8.32. The molecule has 1 atom stereocenters. The molecule has 0 bridgehead atoms. The smallest absolute Gasteiger partial charge is 0.404 e.